The van der Waals surface area contributed by atoms with Gasteiger partial charge in [0.1, 0.15) is 5.82 Å². The summed E-state index contributed by atoms with van der Waals surface area (Å²) in [5, 5.41) is 21.7. The van der Waals surface area contributed by atoms with Crippen LogP contribution >= 0.6 is 11.6 Å². The normalized spacial score (nSPS) is 17.3. The maximum absolute atomic E-state index is 15.2. The number of aromatic amines is 1. The van der Waals surface area contributed by atoms with Gasteiger partial charge in [0.15, 0.2) is 0 Å². The fourth-order valence-corrected chi connectivity index (χ4v) is 4.44. The Morgan fingerprint density at radius 3 is 2.71 bits per heavy atom. The van der Waals surface area contributed by atoms with Crippen LogP contribution in [0, 0.1) is 12.7 Å². The first-order valence-electron chi connectivity index (χ1n) is 10.2. The van der Waals surface area contributed by atoms with Crippen LogP contribution < -0.4 is 9.80 Å². The van der Waals surface area contributed by atoms with Crippen molar-refractivity contribution >= 4 is 46.3 Å². The molecule has 0 bridgehead atoms. The SMILES string of the molecule is Cc1ccc(Cl)cc1N1C(=O)c2cccc(F)c2C1(O)c1ccc2[nH]c(N(C)C(=O)O)nc2c1. The Balaban J connectivity index is 1.77. The number of nitrogens with zero attached hydrogens (tertiary/aromatic N) is 3. The van der Waals surface area contributed by atoms with Gasteiger partial charge in [0.25, 0.3) is 5.91 Å². The van der Waals surface area contributed by atoms with E-state index in [1.54, 1.807) is 25.1 Å². The third-order valence-electron chi connectivity index (χ3n) is 6.01. The molecule has 8 nitrogen and oxygen atoms in total. The zero-order valence-corrected chi connectivity index (χ0v) is 18.8. The number of hydrogen-bond acceptors (Lipinski definition) is 4. The molecule has 1 atom stereocenters. The summed E-state index contributed by atoms with van der Waals surface area (Å²) in [7, 11) is 1.33. The van der Waals surface area contributed by atoms with Crippen molar-refractivity contribution in [3.05, 3.63) is 87.7 Å². The zero-order valence-electron chi connectivity index (χ0n) is 18.0. The van der Waals surface area contributed by atoms with Gasteiger partial charge in [-0.15, -0.1) is 0 Å². The quantitative estimate of drug-likeness (QED) is 0.396. The number of H-pyrrole nitrogens is 1. The highest BCUT2D eigenvalue weighted by molar-refractivity contribution is 6.31. The molecule has 1 aliphatic rings. The molecule has 172 valence electrons. The van der Waals surface area contributed by atoms with Crippen molar-refractivity contribution in [2.75, 3.05) is 16.8 Å². The fraction of sp³-hybridized carbons (Fsp3) is 0.125. The molecule has 0 aliphatic carbocycles. The summed E-state index contributed by atoms with van der Waals surface area (Å²) < 4.78 is 15.2. The number of carbonyl (C=O) groups excluding carboxylic acids is 1. The third kappa shape index (κ3) is 3.05. The number of amides is 2. The molecular weight excluding hydrogens is 463 g/mol. The lowest BCUT2D eigenvalue weighted by Gasteiger charge is -2.35. The molecule has 0 radical (unpaired) electrons. The number of carboxylic acid groups (broad SMARTS) is 1. The Hall–Kier alpha value is -3.95. The minimum atomic E-state index is -2.21. The van der Waals surface area contributed by atoms with Gasteiger partial charge in [-0.2, -0.15) is 0 Å². The van der Waals surface area contributed by atoms with Gasteiger partial charge in [-0.25, -0.2) is 14.2 Å². The molecule has 0 saturated heterocycles. The number of hydrogen-bond donors (Lipinski definition) is 3. The number of benzene rings is 3. The van der Waals surface area contributed by atoms with Crippen molar-refractivity contribution < 1.29 is 24.2 Å². The molecule has 4 aromatic rings. The van der Waals surface area contributed by atoms with Gasteiger partial charge in [0.05, 0.1) is 27.8 Å². The summed E-state index contributed by atoms with van der Waals surface area (Å²) in [6.07, 6.45) is -1.21. The van der Waals surface area contributed by atoms with E-state index in [1.807, 2.05) is 0 Å². The van der Waals surface area contributed by atoms with E-state index in [4.69, 9.17) is 11.6 Å². The van der Waals surface area contributed by atoms with Crippen LogP contribution in [0.15, 0.2) is 54.6 Å². The molecule has 0 fully saturated rings. The van der Waals surface area contributed by atoms with Gasteiger partial charge in [0, 0.05) is 17.6 Å². The van der Waals surface area contributed by atoms with Gasteiger partial charge in [-0.1, -0.05) is 29.8 Å². The van der Waals surface area contributed by atoms with Crippen molar-refractivity contribution in [3.8, 4) is 0 Å². The number of fused-ring (bicyclic) bond motifs is 2. The van der Waals surface area contributed by atoms with Crippen LogP contribution in [0.3, 0.4) is 0 Å². The smallest absolute Gasteiger partial charge is 0.413 e. The highest BCUT2D eigenvalue weighted by Crippen LogP contribution is 2.47. The maximum atomic E-state index is 15.2. The number of aliphatic hydroxyl groups is 1. The minimum Gasteiger partial charge on any atom is -0.465 e. The largest absolute Gasteiger partial charge is 0.465 e. The lowest BCUT2D eigenvalue weighted by molar-refractivity contribution is 0.0685. The van der Waals surface area contributed by atoms with Crippen LogP contribution in [0.5, 0.6) is 0 Å². The van der Waals surface area contributed by atoms with Gasteiger partial charge in [-0.3, -0.25) is 14.6 Å². The predicted molar refractivity (Wildman–Crippen MR) is 125 cm³/mol. The summed E-state index contributed by atoms with van der Waals surface area (Å²) in [5.74, 6) is -1.26. The highest BCUT2D eigenvalue weighted by Gasteiger charge is 2.53. The molecule has 10 heteroatoms. The Bertz CT molecular complexity index is 1500. The van der Waals surface area contributed by atoms with Crippen molar-refractivity contribution in [1.29, 1.82) is 0 Å². The molecule has 2 amide bonds. The van der Waals surface area contributed by atoms with E-state index in [-0.39, 0.29) is 22.6 Å². The molecule has 2 heterocycles. The average Bonchev–Trinajstić information content (AvgIpc) is 3.32. The molecule has 3 N–H and O–H groups in total. The Morgan fingerprint density at radius 2 is 1.97 bits per heavy atom. The van der Waals surface area contributed by atoms with E-state index < -0.39 is 23.5 Å². The number of aryl methyl sites for hydroxylation is 1. The molecule has 1 aromatic heterocycles. The average molecular weight is 481 g/mol. The number of nitrogens with one attached hydrogen (secondary N) is 1. The van der Waals surface area contributed by atoms with E-state index in [1.165, 1.54) is 43.4 Å². The molecule has 0 spiro atoms. The van der Waals surface area contributed by atoms with Crippen LogP contribution in [-0.2, 0) is 5.72 Å². The first-order valence-corrected chi connectivity index (χ1v) is 10.6. The standard InChI is InChI=1S/C24H18ClFN4O4/c1-12-6-8-14(25)11-19(12)30-21(31)15-4-3-5-16(26)20(15)24(30,34)13-7-9-17-18(10-13)28-22(27-17)29(2)23(32)33/h3-11,34H,1-2H3,(H,27,28)(H,32,33). The second-order valence-electron chi connectivity index (χ2n) is 8.04. The van der Waals surface area contributed by atoms with E-state index >= 15 is 4.39 Å². The molecule has 3 aromatic carbocycles. The molecule has 5 rings (SSSR count). The van der Waals surface area contributed by atoms with Crippen LogP contribution in [0.1, 0.15) is 27.0 Å². The van der Waals surface area contributed by atoms with Gasteiger partial charge in [-0.05, 0) is 48.9 Å². The van der Waals surface area contributed by atoms with E-state index in [0.29, 0.717) is 27.3 Å². The Morgan fingerprint density at radius 1 is 1.21 bits per heavy atom. The third-order valence-corrected chi connectivity index (χ3v) is 6.24. The predicted octanol–water partition coefficient (Wildman–Crippen LogP) is 4.63. The van der Waals surface area contributed by atoms with Crippen molar-refractivity contribution in [1.82, 2.24) is 9.97 Å². The van der Waals surface area contributed by atoms with Gasteiger partial charge < -0.3 is 15.2 Å². The molecule has 1 aliphatic heterocycles. The van der Waals surface area contributed by atoms with Crippen LogP contribution in [0.25, 0.3) is 11.0 Å². The number of anilines is 2. The summed E-state index contributed by atoms with van der Waals surface area (Å²) in [6, 6.07) is 13.6. The lowest BCUT2D eigenvalue weighted by atomic mass is 9.92. The van der Waals surface area contributed by atoms with Crippen molar-refractivity contribution in [2.24, 2.45) is 0 Å². The summed E-state index contributed by atoms with van der Waals surface area (Å²) in [4.78, 5) is 34.0. The Kier molecular flexibility index (Phi) is 4.85. The van der Waals surface area contributed by atoms with Gasteiger partial charge in [0.2, 0.25) is 11.7 Å². The van der Waals surface area contributed by atoms with E-state index in [9.17, 15) is 19.8 Å². The fourth-order valence-electron chi connectivity index (χ4n) is 4.28. The number of rotatable bonds is 3. The highest BCUT2D eigenvalue weighted by atomic mass is 35.5. The lowest BCUT2D eigenvalue weighted by Crippen LogP contribution is -2.45. The maximum Gasteiger partial charge on any atom is 0.413 e. The van der Waals surface area contributed by atoms with E-state index in [0.717, 1.165) is 9.80 Å². The second kappa shape index (κ2) is 7.54. The first kappa shape index (κ1) is 21.9. The van der Waals surface area contributed by atoms with Crippen LogP contribution in [0.4, 0.5) is 20.8 Å². The summed E-state index contributed by atoms with van der Waals surface area (Å²) in [6.45, 7) is 1.75. The second-order valence-corrected chi connectivity index (χ2v) is 8.48. The molecule has 1 unspecified atom stereocenters. The minimum absolute atomic E-state index is 0.0234. The monoisotopic (exact) mass is 480 g/mol. The van der Waals surface area contributed by atoms with Gasteiger partial charge >= 0.3 is 6.09 Å². The first-order chi connectivity index (χ1) is 16.1. The zero-order chi connectivity index (χ0) is 24.4. The summed E-state index contributed by atoms with van der Waals surface area (Å²) >= 11 is 6.20. The number of carbonyl (C=O) groups is 2. The number of halogens is 2. The van der Waals surface area contributed by atoms with E-state index in [2.05, 4.69) is 9.97 Å². The summed E-state index contributed by atoms with van der Waals surface area (Å²) in [5.41, 5.74) is -0.396. The number of imidazole rings is 1. The van der Waals surface area contributed by atoms with Crippen molar-refractivity contribution in [3.63, 3.8) is 0 Å². The van der Waals surface area contributed by atoms with Crippen molar-refractivity contribution in [2.45, 2.75) is 12.6 Å². The number of aromatic nitrogens is 2. The van der Waals surface area contributed by atoms with Crippen LogP contribution in [-0.4, -0.2) is 39.2 Å². The topological polar surface area (TPSA) is 110 Å². The van der Waals surface area contributed by atoms with Crippen LogP contribution in [0.2, 0.25) is 5.02 Å². The molecule has 34 heavy (non-hydrogen) atoms. The molecule has 0 saturated carbocycles. The molecular formula is C24H18ClFN4O4. The Labute approximate surface area is 197 Å².